The van der Waals surface area contributed by atoms with Gasteiger partial charge in [0, 0.05) is 24.3 Å². The van der Waals surface area contributed by atoms with Crippen LogP contribution in [-0.2, 0) is 11.3 Å². The number of fused-ring (bicyclic) bond motifs is 1. The number of likely N-dealkylation sites (tertiary alicyclic amines) is 1. The highest BCUT2D eigenvalue weighted by Gasteiger charge is 2.30. The van der Waals surface area contributed by atoms with Crippen LogP contribution in [0.1, 0.15) is 24.4 Å². The van der Waals surface area contributed by atoms with E-state index in [4.69, 9.17) is 0 Å². The number of nitrogens with zero attached hydrogens (tertiary/aromatic N) is 4. The van der Waals surface area contributed by atoms with Crippen molar-refractivity contribution in [1.82, 2.24) is 19.7 Å². The van der Waals surface area contributed by atoms with Crippen molar-refractivity contribution in [3.63, 3.8) is 0 Å². The Labute approximate surface area is 134 Å². The third-order valence-corrected chi connectivity index (χ3v) is 4.50. The maximum atomic E-state index is 12.8. The molecule has 0 N–H and O–H groups in total. The summed E-state index contributed by atoms with van der Waals surface area (Å²) in [5.74, 6) is 0.123. The number of carbonyl (C=O) groups excluding carboxylic acids is 1. The first-order valence-electron chi connectivity index (χ1n) is 7.93. The van der Waals surface area contributed by atoms with E-state index in [1.54, 1.807) is 17.1 Å². The Balaban J connectivity index is 1.56. The van der Waals surface area contributed by atoms with Gasteiger partial charge in [-0.3, -0.25) is 14.5 Å². The van der Waals surface area contributed by atoms with Gasteiger partial charge in [-0.2, -0.15) is 5.10 Å². The van der Waals surface area contributed by atoms with Gasteiger partial charge in [-0.1, -0.05) is 18.2 Å². The van der Waals surface area contributed by atoms with Gasteiger partial charge in [0.1, 0.15) is 6.54 Å². The second-order valence-corrected chi connectivity index (χ2v) is 5.89. The van der Waals surface area contributed by atoms with Crippen LogP contribution < -0.4 is 0 Å². The van der Waals surface area contributed by atoms with E-state index < -0.39 is 0 Å². The zero-order chi connectivity index (χ0) is 15.6. The molecule has 4 rings (SSSR count). The first kappa shape index (κ1) is 13.9. The zero-order valence-corrected chi connectivity index (χ0v) is 12.8. The molecule has 0 saturated carbocycles. The molecule has 5 heteroatoms. The summed E-state index contributed by atoms with van der Waals surface area (Å²) >= 11 is 0. The smallest absolute Gasteiger partial charge is 0.244 e. The van der Waals surface area contributed by atoms with Crippen LogP contribution in [0.15, 0.2) is 55.0 Å². The normalized spacial score (nSPS) is 17.7. The molecule has 3 heterocycles. The molecule has 0 radical (unpaired) electrons. The fourth-order valence-electron chi connectivity index (χ4n) is 3.37. The Morgan fingerprint density at radius 1 is 1.17 bits per heavy atom. The fraction of sp³-hybridized carbons (Fsp3) is 0.278. The van der Waals surface area contributed by atoms with Crippen LogP contribution in [-0.4, -0.2) is 32.1 Å². The summed E-state index contributed by atoms with van der Waals surface area (Å²) < 4.78 is 1.79. The molecule has 1 amide bonds. The Kier molecular flexibility index (Phi) is 3.54. The number of rotatable bonds is 3. The first-order valence-corrected chi connectivity index (χ1v) is 7.93. The zero-order valence-electron chi connectivity index (χ0n) is 12.8. The molecule has 1 fully saturated rings. The number of hydrogen-bond donors (Lipinski definition) is 0. The largest absolute Gasteiger partial charge is 0.334 e. The van der Waals surface area contributed by atoms with Crippen molar-refractivity contribution in [2.45, 2.75) is 25.4 Å². The molecule has 23 heavy (non-hydrogen) atoms. The summed E-state index contributed by atoms with van der Waals surface area (Å²) in [6, 6.07) is 12.1. The van der Waals surface area contributed by atoms with Gasteiger partial charge < -0.3 is 4.90 Å². The summed E-state index contributed by atoms with van der Waals surface area (Å²) in [7, 11) is 0. The number of amides is 1. The molecule has 2 aromatic heterocycles. The van der Waals surface area contributed by atoms with E-state index in [9.17, 15) is 4.79 Å². The highest BCUT2D eigenvalue weighted by Crippen LogP contribution is 2.31. The molecule has 0 bridgehead atoms. The molecule has 0 aliphatic carbocycles. The molecule has 116 valence electrons. The highest BCUT2D eigenvalue weighted by atomic mass is 16.2. The second-order valence-electron chi connectivity index (χ2n) is 5.89. The van der Waals surface area contributed by atoms with Gasteiger partial charge in [0.2, 0.25) is 5.91 Å². The van der Waals surface area contributed by atoms with Gasteiger partial charge >= 0.3 is 0 Å². The van der Waals surface area contributed by atoms with Crippen LogP contribution in [0.25, 0.3) is 10.9 Å². The van der Waals surface area contributed by atoms with E-state index in [0.29, 0.717) is 0 Å². The molecular weight excluding hydrogens is 288 g/mol. The number of benzene rings is 1. The van der Waals surface area contributed by atoms with Crippen LogP contribution in [0.2, 0.25) is 0 Å². The Morgan fingerprint density at radius 2 is 2.00 bits per heavy atom. The van der Waals surface area contributed by atoms with Crippen LogP contribution >= 0.6 is 0 Å². The SMILES string of the molecule is O=C(Cn1ncc2ccccc21)N1CCC[C@@H]1c1ccncc1. The minimum absolute atomic E-state index is 0.123. The number of carbonyl (C=O) groups is 1. The van der Waals surface area contributed by atoms with E-state index in [0.717, 1.165) is 35.9 Å². The lowest BCUT2D eigenvalue weighted by Gasteiger charge is -2.25. The fourth-order valence-corrected chi connectivity index (χ4v) is 3.37. The van der Waals surface area contributed by atoms with Gasteiger partial charge in [-0.25, -0.2) is 0 Å². The molecule has 1 atom stereocenters. The maximum Gasteiger partial charge on any atom is 0.244 e. The van der Waals surface area contributed by atoms with Gasteiger partial charge in [-0.05, 0) is 36.6 Å². The first-order chi connectivity index (χ1) is 11.3. The minimum Gasteiger partial charge on any atom is -0.334 e. The molecule has 1 aliphatic heterocycles. The predicted octanol–water partition coefficient (Wildman–Crippen LogP) is 2.80. The van der Waals surface area contributed by atoms with Crippen molar-refractivity contribution in [3.8, 4) is 0 Å². The van der Waals surface area contributed by atoms with E-state index in [1.807, 2.05) is 47.5 Å². The third-order valence-electron chi connectivity index (χ3n) is 4.50. The van der Waals surface area contributed by atoms with Crippen molar-refractivity contribution in [1.29, 1.82) is 0 Å². The van der Waals surface area contributed by atoms with Crippen molar-refractivity contribution < 1.29 is 4.79 Å². The molecule has 1 aliphatic rings. The molecule has 3 aromatic rings. The number of para-hydroxylation sites is 1. The Morgan fingerprint density at radius 3 is 2.87 bits per heavy atom. The van der Waals surface area contributed by atoms with Crippen molar-refractivity contribution in [2.75, 3.05) is 6.54 Å². The average Bonchev–Trinajstić information content (AvgIpc) is 3.23. The van der Waals surface area contributed by atoms with Crippen molar-refractivity contribution in [3.05, 3.63) is 60.6 Å². The van der Waals surface area contributed by atoms with Gasteiger partial charge in [0.05, 0.1) is 17.8 Å². The lowest BCUT2D eigenvalue weighted by Crippen LogP contribution is -2.33. The Bertz CT molecular complexity index is 827. The molecule has 5 nitrogen and oxygen atoms in total. The van der Waals surface area contributed by atoms with Gasteiger partial charge in [0.15, 0.2) is 0 Å². The summed E-state index contributed by atoms with van der Waals surface area (Å²) in [5.41, 5.74) is 2.16. The number of hydrogen-bond acceptors (Lipinski definition) is 3. The highest BCUT2D eigenvalue weighted by molar-refractivity contribution is 5.82. The molecule has 0 unspecified atom stereocenters. The van der Waals surface area contributed by atoms with Crippen molar-refractivity contribution >= 4 is 16.8 Å². The number of aromatic nitrogens is 3. The molecule has 1 saturated heterocycles. The lowest BCUT2D eigenvalue weighted by atomic mass is 10.1. The second kappa shape index (κ2) is 5.83. The number of pyridine rings is 1. The topological polar surface area (TPSA) is 51.0 Å². The van der Waals surface area contributed by atoms with E-state index >= 15 is 0 Å². The molecular formula is C18H18N4O. The molecule has 1 aromatic carbocycles. The van der Waals surface area contributed by atoms with Crippen LogP contribution in [0.5, 0.6) is 0 Å². The summed E-state index contributed by atoms with van der Waals surface area (Å²) in [6.45, 7) is 1.10. The summed E-state index contributed by atoms with van der Waals surface area (Å²) in [6.07, 6.45) is 7.44. The average molecular weight is 306 g/mol. The van der Waals surface area contributed by atoms with Crippen LogP contribution in [0, 0.1) is 0 Å². The quantitative estimate of drug-likeness (QED) is 0.747. The van der Waals surface area contributed by atoms with Crippen LogP contribution in [0.4, 0.5) is 0 Å². The van der Waals surface area contributed by atoms with Crippen LogP contribution in [0.3, 0.4) is 0 Å². The summed E-state index contributed by atoms with van der Waals surface area (Å²) in [4.78, 5) is 18.8. The standard InChI is InChI=1S/C18H18N4O/c23-18(13-22-17-5-2-1-4-15(17)12-20-22)21-11-3-6-16(21)14-7-9-19-10-8-14/h1-2,4-5,7-10,12,16H,3,6,11,13H2/t16-/m1/s1. The minimum atomic E-state index is 0.123. The van der Waals surface area contributed by atoms with Gasteiger partial charge in [0.25, 0.3) is 0 Å². The van der Waals surface area contributed by atoms with Crippen molar-refractivity contribution in [2.24, 2.45) is 0 Å². The predicted molar refractivity (Wildman–Crippen MR) is 87.7 cm³/mol. The maximum absolute atomic E-state index is 12.8. The third kappa shape index (κ3) is 2.59. The summed E-state index contributed by atoms with van der Waals surface area (Å²) in [5, 5.41) is 5.43. The van der Waals surface area contributed by atoms with Gasteiger partial charge in [-0.15, -0.1) is 0 Å². The lowest BCUT2D eigenvalue weighted by molar-refractivity contribution is -0.132. The van der Waals surface area contributed by atoms with E-state index in [2.05, 4.69) is 10.1 Å². The Hall–Kier alpha value is -2.69. The monoisotopic (exact) mass is 306 g/mol. The molecule has 0 spiro atoms. The van der Waals surface area contributed by atoms with E-state index in [-0.39, 0.29) is 18.5 Å². The van der Waals surface area contributed by atoms with E-state index in [1.165, 1.54) is 0 Å².